The van der Waals surface area contributed by atoms with Crippen LogP contribution < -0.4 is 0 Å². The zero-order chi connectivity index (χ0) is 11.5. The average molecular weight is 233 g/mol. The van der Waals surface area contributed by atoms with E-state index >= 15 is 0 Å². The van der Waals surface area contributed by atoms with Crippen molar-refractivity contribution in [2.75, 3.05) is 6.26 Å². The van der Waals surface area contributed by atoms with Gasteiger partial charge in [0.05, 0.1) is 5.69 Å². The molecular formula is C13H15NOS. The number of hydrogen-bond acceptors (Lipinski definition) is 2. The number of benzene rings is 1. The Labute approximate surface area is 99.9 Å². The summed E-state index contributed by atoms with van der Waals surface area (Å²) in [5.74, 6) is 0. The van der Waals surface area contributed by atoms with E-state index in [4.69, 9.17) is 0 Å². The Balaban J connectivity index is 2.27. The van der Waals surface area contributed by atoms with Crippen molar-refractivity contribution in [3.8, 4) is 0 Å². The van der Waals surface area contributed by atoms with Gasteiger partial charge in [-0.1, -0.05) is 12.1 Å². The first-order valence-corrected chi connectivity index (χ1v) is 6.38. The summed E-state index contributed by atoms with van der Waals surface area (Å²) in [4.78, 5) is 1.21. The molecule has 84 valence electrons. The van der Waals surface area contributed by atoms with Crippen molar-refractivity contribution in [3.63, 3.8) is 0 Å². The van der Waals surface area contributed by atoms with E-state index < -0.39 is 6.10 Å². The summed E-state index contributed by atoms with van der Waals surface area (Å²) in [6.45, 7) is 0. The molecule has 3 heteroatoms. The molecule has 0 bridgehead atoms. The highest BCUT2D eigenvalue weighted by Gasteiger charge is 2.12. The Morgan fingerprint density at radius 1 is 1.19 bits per heavy atom. The molecule has 1 aromatic heterocycles. The van der Waals surface area contributed by atoms with Crippen LogP contribution in [0.3, 0.4) is 0 Å². The summed E-state index contributed by atoms with van der Waals surface area (Å²) in [6, 6.07) is 11.9. The van der Waals surface area contributed by atoms with E-state index in [0.717, 1.165) is 11.3 Å². The van der Waals surface area contributed by atoms with Crippen LogP contribution in [0.4, 0.5) is 0 Å². The number of rotatable bonds is 3. The number of aliphatic hydroxyl groups excluding tert-OH is 1. The Bertz CT molecular complexity index is 461. The van der Waals surface area contributed by atoms with Gasteiger partial charge in [-0.3, -0.25) is 0 Å². The maximum atomic E-state index is 10.2. The summed E-state index contributed by atoms with van der Waals surface area (Å²) >= 11 is 1.70. The topological polar surface area (TPSA) is 25.2 Å². The lowest BCUT2D eigenvalue weighted by Crippen LogP contribution is -2.04. The molecule has 0 unspecified atom stereocenters. The van der Waals surface area contributed by atoms with E-state index in [0.29, 0.717) is 0 Å². The van der Waals surface area contributed by atoms with Gasteiger partial charge >= 0.3 is 0 Å². The first-order valence-electron chi connectivity index (χ1n) is 5.15. The summed E-state index contributed by atoms with van der Waals surface area (Å²) < 4.78 is 1.94. The molecule has 0 saturated heterocycles. The number of hydrogen-bond donors (Lipinski definition) is 1. The van der Waals surface area contributed by atoms with Crippen LogP contribution >= 0.6 is 11.8 Å². The number of aliphatic hydroxyl groups is 1. The van der Waals surface area contributed by atoms with Gasteiger partial charge in [-0.05, 0) is 36.1 Å². The summed E-state index contributed by atoms with van der Waals surface area (Å²) in [6.07, 6.45) is 3.44. The molecule has 0 radical (unpaired) electrons. The van der Waals surface area contributed by atoms with E-state index in [1.807, 2.05) is 60.5 Å². The minimum absolute atomic E-state index is 0.545. The number of aryl methyl sites for hydroxylation is 1. The molecule has 2 rings (SSSR count). The normalized spacial score (nSPS) is 12.7. The van der Waals surface area contributed by atoms with Crippen molar-refractivity contribution >= 4 is 11.8 Å². The molecular weight excluding hydrogens is 218 g/mol. The SMILES string of the molecule is CSc1ccc([C@H](O)c2cccn2C)cc1. The average Bonchev–Trinajstić information content (AvgIpc) is 2.75. The first kappa shape index (κ1) is 11.3. The third-order valence-electron chi connectivity index (χ3n) is 2.70. The fourth-order valence-electron chi connectivity index (χ4n) is 1.72. The van der Waals surface area contributed by atoms with Crippen LogP contribution in [-0.2, 0) is 7.05 Å². The van der Waals surface area contributed by atoms with Gasteiger partial charge < -0.3 is 9.67 Å². The van der Waals surface area contributed by atoms with Gasteiger partial charge in [-0.15, -0.1) is 11.8 Å². The second kappa shape index (κ2) is 4.76. The van der Waals surface area contributed by atoms with Crippen LogP contribution in [0.1, 0.15) is 17.4 Å². The maximum absolute atomic E-state index is 10.2. The molecule has 2 aromatic rings. The second-order valence-electron chi connectivity index (χ2n) is 3.72. The van der Waals surface area contributed by atoms with Gasteiger partial charge in [0.1, 0.15) is 6.10 Å². The van der Waals surface area contributed by atoms with E-state index in [1.165, 1.54) is 4.90 Å². The van der Waals surface area contributed by atoms with Gasteiger partial charge in [0.15, 0.2) is 0 Å². The maximum Gasteiger partial charge on any atom is 0.119 e. The van der Waals surface area contributed by atoms with Gasteiger partial charge in [0.2, 0.25) is 0 Å². The molecule has 1 N–H and O–H groups in total. The third kappa shape index (κ3) is 2.15. The molecule has 0 spiro atoms. The van der Waals surface area contributed by atoms with Crippen LogP contribution in [0.2, 0.25) is 0 Å². The fraction of sp³-hybridized carbons (Fsp3) is 0.231. The van der Waals surface area contributed by atoms with E-state index in [9.17, 15) is 5.11 Å². The molecule has 0 aliphatic rings. The summed E-state index contributed by atoms with van der Waals surface area (Å²) in [5.41, 5.74) is 1.84. The quantitative estimate of drug-likeness (QED) is 0.825. The van der Waals surface area contributed by atoms with Crippen molar-refractivity contribution in [2.24, 2.45) is 7.05 Å². The lowest BCUT2D eigenvalue weighted by molar-refractivity contribution is 0.211. The Morgan fingerprint density at radius 3 is 2.38 bits per heavy atom. The molecule has 0 saturated carbocycles. The molecule has 1 aromatic carbocycles. The first-order chi connectivity index (χ1) is 7.72. The van der Waals surface area contributed by atoms with Crippen LogP contribution in [0.25, 0.3) is 0 Å². The minimum atomic E-state index is -0.545. The zero-order valence-corrected chi connectivity index (χ0v) is 10.2. The predicted octanol–water partition coefficient (Wildman–Crippen LogP) is 2.83. The number of aromatic nitrogens is 1. The standard InChI is InChI=1S/C13H15NOS/c1-14-9-3-4-12(14)13(15)10-5-7-11(16-2)8-6-10/h3-9,13,15H,1-2H3/t13-/m0/s1. The molecule has 1 atom stereocenters. The monoisotopic (exact) mass is 233 g/mol. The van der Waals surface area contributed by atoms with Crippen molar-refractivity contribution in [2.45, 2.75) is 11.0 Å². The van der Waals surface area contributed by atoms with Gasteiger partial charge in [-0.25, -0.2) is 0 Å². The molecule has 0 aliphatic carbocycles. The van der Waals surface area contributed by atoms with Gasteiger partial charge in [0, 0.05) is 18.1 Å². The summed E-state index contributed by atoms with van der Waals surface area (Å²) in [7, 11) is 1.94. The number of nitrogens with zero attached hydrogens (tertiary/aromatic N) is 1. The highest BCUT2D eigenvalue weighted by molar-refractivity contribution is 7.98. The zero-order valence-electron chi connectivity index (χ0n) is 9.42. The van der Waals surface area contributed by atoms with Crippen molar-refractivity contribution < 1.29 is 5.11 Å². The Kier molecular flexibility index (Phi) is 3.36. The summed E-state index contributed by atoms with van der Waals surface area (Å²) in [5, 5.41) is 10.2. The molecule has 0 amide bonds. The number of thioether (sulfide) groups is 1. The van der Waals surface area contributed by atoms with Crippen LogP contribution in [-0.4, -0.2) is 15.9 Å². The van der Waals surface area contributed by atoms with Gasteiger partial charge in [0.25, 0.3) is 0 Å². The van der Waals surface area contributed by atoms with Crippen LogP contribution in [0.15, 0.2) is 47.5 Å². The second-order valence-corrected chi connectivity index (χ2v) is 4.60. The Morgan fingerprint density at radius 2 is 1.88 bits per heavy atom. The van der Waals surface area contributed by atoms with Crippen molar-refractivity contribution in [1.29, 1.82) is 0 Å². The van der Waals surface area contributed by atoms with E-state index in [2.05, 4.69) is 0 Å². The van der Waals surface area contributed by atoms with Crippen LogP contribution in [0, 0.1) is 0 Å². The highest BCUT2D eigenvalue weighted by atomic mass is 32.2. The molecule has 0 aliphatic heterocycles. The molecule has 16 heavy (non-hydrogen) atoms. The molecule has 0 fully saturated rings. The Hall–Kier alpha value is -1.19. The fourth-order valence-corrected chi connectivity index (χ4v) is 2.12. The minimum Gasteiger partial charge on any atom is -0.382 e. The van der Waals surface area contributed by atoms with Gasteiger partial charge in [-0.2, -0.15) is 0 Å². The largest absolute Gasteiger partial charge is 0.382 e. The highest BCUT2D eigenvalue weighted by Crippen LogP contribution is 2.24. The van der Waals surface area contributed by atoms with E-state index in [1.54, 1.807) is 11.8 Å². The van der Waals surface area contributed by atoms with Crippen molar-refractivity contribution in [1.82, 2.24) is 4.57 Å². The lowest BCUT2D eigenvalue weighted by atomic mass is 10.1. The predicted molar refractivity (Wildman–Crippen MR) is 67.7 cm³/mol. The molecule has 2 nitrogen and oxygen atoms in total. The van der Waals surface area contributed by atoms with Crippen molar-refractivity contribution in [3.05, 3.63) is 53.9 Å². The third-order valence-corrected chi connectivity index (χ3v) is 3.44. The smallest absolute Gasteiger partial charge is 0.119 e. The van der Waals surface area contributed by atoms with Crippen LogP contribution in [0.5, 0.6) is 0 Å². The van der Waals surface area contributed by atoms with E-state index in [-0.39, 0.29) is 0 Å². The lowest BCUT2D eigenvalue weighted by Gasteiger charge is -2.12. The molecule has 1 heterocycles.